The average Bonchev–Trinajstić information content (AvgIpc) is 3.15. The van der Waals surface area contributed by atoms with Gasteiger partial charge in [-0.25, -0.2) is 13.1 Å². The summed E-state index contributed by atoms with van der Waals surface area (Å²) in [5, 5.41) is 0. The van der Waals surface area contributed by atoms with Crippen LogP contribution in [0.3, 0.4) is 0 Å². The first-order valence-corrected chi connectivity index (χ1v) is 9.03. The van der Waals surface area contributed by atoms with Gasteiger partial charge >= 0.3 is 0 Å². The molecule has 128 valence electrons. The van der Waals surface area contributed by atoms with E-state index in [0.717, 1.165) is 5.56 Å². The molecule has 0 amide bonds. The molecule has 0 fully saturated rings. The maximum atomic E-state index is 12.3. The Morgan fingerprint density at radius 2 is 1.88 bits per heavy atom. The van der Waals surface area contributed by atoms with Gasteiger partial charge in [0.15, 0.2) is 11.5 Å². The number of Topliss-reactive ketones (excluding diaryl/α,β-unsaturated/α-hetero) is 1. The Morgan fingerprint density at radius 3 is 2.44 bits per heavy atom. The molecule has 0 saturated heterocycles. The lowest BCUT2D eigenvalue weighted by atomic mass is 10.2. The van der Waals surface area contributed by atoms with Crippen LogP contribution in [0.25, 0.3) is 11.5 Å². The average molecular weight is 356 g/mol. The summed E-state index contributed by atoms with van der Waals surface area (Å²) in [5.41, 5.74) is 1.87. The number of carbonyl (C=O) groups excluding carboxylic acids is 1. The molecule has 0 atom stereocenters. The molecule has 7 heteroatoms. The number of rotatable bonds is 6. The first kappa shape index (κ1) is 17.1. The number of nitrogens with one attached hydrogen (secondary N) is 1. The minimum atomic E-state index is -3.66. The molecule has 0 aliphatic heterocycles. The van der Waals surface area contributed by atoms with E-state index in [1.54, 1.807) is 36.7 Å². The van der Waals surface area contributed by atoms with Crippen LogP contribution in [0.2, 0.25) is 0 Å². The third kappa shape index (κ3) is 4.01. The van der Waals surface area contributed by atoms with Crippen LogP contribution in [0.15, 0.2) is 70.3 Å². The van der Waals surface area contributed by atoms with Crippen LogP contribution < -0.4 is 4.72 Å². The first-order chi connectivity index (χ1) is 12.0. The van der Waals surface area contributed by atoms with Gasteiger partial charge in [0.25, 0.3) is 0 Å². The van der Waals surface area contributed by atoms with Crippen LogP contribution in [0.4, 0.5) is 0 Å². The second-order valence-corrected chi connectivity index (χ2v) is 7.20. The molecule has 0 spiro atoms. The molecule has 0 aliphatic rings. The standard InChI is InChI=1S/C18H16N2O4S/c1-13(21)15-5-7-16(8-6-15)25(22,23)20-12-14-4-9-17(19-11-14)18-3-2-10-24-18/h2-11,20H,12H2,1H3. The first-order valence-electron chi connectivity index (χ1n) is 7.55. The van der Waals surface area contributed by atoms with E-state index in [2.05, 4.69) is 9.71 Å². The molecular formula is C18H16N2O4S. The van der Waals surface area contributed by atoms with Crippen molar-refractivity contribution in [2.75, 3.05) is 0 Å². The smallest absolute Gasteiger partial charge is 0.240 e. The Hall–Kier alpha value is -2.77. The van der Waals surface area contributed by atoms with Crippen molar-refractivity contribution in [3.05, 3.63) is 72.1 Å². The molecule has 0 bridgehead atoms. The highest BCUT2D eigenvalue weighted by Crippen LogP contribution is 2.17. The van der Waals surface area contributed by atoms with Crippen LogP contribution >= 0.6 is 0 Å². The molecule has 0 aliphatic carbocycles. The number of benzene rings is 1. The topological polar surface area (TPSA) is 89.3 Å². The summed E-state index contributed by atoms with van der Waals surface area (Å²) in [5.74, 6) is 0.539. The third-order valence-corrected chi connectivity index (χ3v) is 5.05. The number of hydrogen-bond donors (Lipinski definition) is 1. The van der Waals surface area contributed by atoms with E-state index < -0.39 is 10.0 Å². The van der Waals surface area contributed by atoms with Crippen molar-refractivity contribution in [2.45, 2.75) is 18.4 Å². The van der Waals surface area contributed by atoms with Gasteiger partial charge in [-0.1, -0.05) is 18.2 Å². The van der Waals surface area contributed by atoms with Gasteiger partial charge in [-0.05, 0) is 42.8 Å². The molecule has 2 heterocycles. The lowest BCUT2D eigenvalue weighted by Crippen LogP contribution is -2.23. The highest BCUT2D eigenvalue weighted by atomic mass is 32.2. The van der Waals surface area contributed by atoms with E-state index in [0.29, 0.717) is 17.0 Å². The lowest BCUT2D eigenvalue weighted by Gasteiger charge is -2.07. The van der Waals surface area contributed by atoms with E-state index in [4.69, 9.17) is 4.42 Å². The molecule has 6 nitrogen and oxygen atoms in total. The van der Waals surface area contributed by atoms with E-state index in [1.807, 2.05) is 0 Å². The second kappa shape index (κ2) is 7.00. The zero-order chi connectivity index (χ0) is 17.9. The van der Waals surface area contributed by atoms with Crippen molar-refractivity contribution >= 4 is 15.8 Å². The fraction of sp³-hybridized carbons (Fsp3) is 0.111. The number of sulfonamides is 1. The quantitative estimate of drug-likeness (QED) is 0.686. The van der Waals surface area contributed by atoms with E-state index in [9.17, 15) is 13.2 Å². The van der Waals surface area contributed by atoms with E-state index >= 15 is 0 Å². The lowest BCUT2D eigenvalue weighted by molar-refractivity contribution is 0.101. The molecule has 3 rings (SSSR count). The van der Waals surface area contributed by atoms with Crippen LogP contribution in [0.1, 0.15) is 22.8 Å². The summed E-state index contributed by atoms with van der Waals surface area (Å²) in [4.78, 5) is 15.6. The fourth-order valence-electron chi connectivity index (χ4n) is 2.23. The SMILES string of the molecule is CC(=O)c1ccc(S(=O)(=O)NCc2ccc(-c3ccco3)nc2)cc1. The molecule has 0 saturated carbocycles. The highest BCUT2D eigenvalue weighted by Gasteiger charge is 2.14. The van der Waals surface area contributed by atoms with Gasteiger partial charge in [0.2, 0.25) is 10.0 Å². The Kier molecular flexibility index (Phi) is 4.78. The van der Waals surface area contributed by atoms with Gasteiger partial charge in [-0.2, -0.15) is 0 Å². The van der Waals surface area contributed by atoms with Gasteiger partial charge in [0.1, 0.15) is 5.69 Å². The molecule has 1 aromatic carbocycles. The van der Waals surface area contributed by atoms with E-state index in [1.165, 1.54) is 31.2 Å². The third-order valence-electron chi connectivity index (χ3n) is 3.64. The Bertz CT molecular complexity index is 961. The Balaban J connectivity index is 1.68. The van der Waals surface area contributed by atoms with Gasteiger partial charge in [-0.3, -0.25) is 9.78 Å². The summed E-state index contributed by atoms with van der Waals surface area (Å²) in [6, 6.07) is 12.9. The van der Waals surface area contributed by atoms with Crippen LogP contribution in [0, 0.1) is 0 Å². The van der Waals surface area contributed by atoms with Gasteiger partial charge in [-0.15, -0.1) is 0 Å². The molecule has 25 heavy (non-hydrogen) atoms. The number of pyridine rings is 1. The second-order valence-electron chi connectivity index (χ2n) is 5.43. The minimum Gasteiger partial charge on any atom is -0.463 e. The predicted octanol–water partition coefficient (Wildman–Crippen LogP) is 3.02. The number of nitrogens with zero attached hydrogens (tertiary/aromatic N) is 1. The van der Waals surface area contributed by atoms with Crippen molar-refractivity contribution in [2.24, 2.45) is 0 Å². The van der Waals surface area contributed by atoms with Crippen molar-refractivity contribution < 1.29 is 17.6 Å². The van der Waals surface area contributed by atoms with Crippen LogP contribution in [0.5, 0.6) is 0 Å². The van der Waals surface area contributed by atoms with Crippen LogP contribution in [-0.4, -0.2) is 19.2 Å². The van der Waals surface area contributed by atoms with Crippen molar-refractivity contribution in [1.29, 1.82) is 0 Å². The maximum absolute atomic E-state index is 12.3. The summed E-state index contributed by atoms with van der Waals surface area (Å²) in [6.07, 6.45) is 3.16. The molecular weight excluding hydrogens is 340 g/mol. The molecule has 0 unspecified atom stereocenters. The monoisotopic (exact) mass is 356 g/mol. The molecule has 0 radical (unpaired) electrons. The van der Waals surface area contributed by atoms with Crippen molar-refractivity contribution in [3.8, 4) is 11.5 Å². The number of aromatic nitrogens is 1. The van der Waals surface area contributed by atoms with E-state index in [-0.39, 0.29) is 17.2 Å². The summed E-state index contributed by atoms with van der Waals surface area (Å²) < 4.78 is 32.4. The number of carbonyl (C=O) groups is 1. The maximum Gasteiger partial charge on any atom is 0.240 e. The molecule has 1 N–H and O–H groups in total. The van der Waals surface area contributed by atoms with Gasteiger partial charge in [0.05, 0.1) is 11.2 Å². The minimum absolute atomic E-state index is 0.109. The molecule has 2 aromatic heterocycles. The van der Waals surface area contributed by atoms with Gasteiger partial charge < -0.3 is 4.42 Å². The van der Waals surface area contributed by atoms with Gasteiger partial charge in [0, 0.05) is 18.3 Å². The zero-order valence-electron chi connectivity index (χ0n) is 13.5. The Morgan fingerprint density at radius 1 is 1.12 bits per heavy atom. The van der Waals surface area contributed by atoms with Crippen molar-refractivity contribution in [3.63, 3.8) is 0 Å². The number of furan rings is 1. The predicted molar refractivity (Wildman–Crippen MR) is 92.4 cm³/mol. The van der Waals surface area contributed by atoms with Crippen LogP contribution in [-0.2, 0) is 16.6 Å². The Labute approximate surface area is 145 Å². The molecule has 3 aromatic rings. The fourth-order valence-corrected chi connectivity index (χ4v) is 3.25. The number of ketones is 1. The summed E-state index contributed by atoms with van der Waals surface area (Å²) >= 11 is 0. The zero-order valence-corrected chi connectivity index (χ0v) is 14.3. The normalized spacial score (nSPS) is 11.4. The van der Waals surface area contributed by atoms with Crippen molar-refractivity contribution in [1.82, 2.24) is 9.71 Å². The number of hydrogen-bond acceptors (Lipinski definition) is 5. The summed E-state index contributed by atoms with van der Waals surface area (Å²) in [6.45, 7) is 1.55. The largest absolute Gasteiger partial charge is 0.463 e. The highest BCUT2D eigenvalue weighted by molar-refractivity contribution is 7.89. The summed E-state index contributed by atoms with van der Waals surface area (Å²) in [7, 11) is -3.66.